The van der Waals surface area contributed by atoms with E-state index in [-0.39, 0.29) is 5.91 Å². The maximum absolute atomic E-state index is 11.9. The number of carbonyl (C=O) groups excluding carboxylic acids is 1. The van der Waals surface area contributed by atoms with E-state index in [2.05, 4.69) is 17.6 Å². The van der Waals surface area contributed by atoms with E-state index in [0.29, 0.717) is 29.8 Å². The molecule has 1 unspecified atom stereocenters. The van der Waals surface area contributed by atoms with Gasteiger partial charge in [-0.2, -0.15) is 0 Å². The van der Waals surface area contributed by atoms with E-state index in [0.717, 1.165) is 5.69 Å². The second kappa shape index (κ2) is 6.64. The van der Waals surface area contributed by atoms with Crippen molar-refractivity contribution < 1.29 is 4.79 Å². The smallest absolute Gasteiger partial charge is 0.251 e. The summed E-state index contributed by atoms with van der Waals surface area (Å²) >= 11 is 0. The molecule has 0 aliphatic heterocycles. The second-order valence-corrected chi connectivity index (χ2v) is 5.64. The average molecular weight is 275 g/mol. The van der Waals surface area contributed by atoms with Crippen LogP contribution in [0, 0.1) is 5.92 Å². The topological polar surface area (TPSA) is 67.2 Å². The molecule has 1 fully saturated rings. The molecule has 1 aromatic carbocycles. The number of nitrogen functional groups attached to an aromatic ring is 1. The van der Waals surface area contributed by atoms with Gasteiger partial charge in [0.05, 0.1) is 11.4 Å². The van der Waals surface area contributed by atoms with Gasteiger partial charge in [-0.25, -0.2) is 0 Å². The zero-order chi connectivity index (χ0) is 14.5. The predicted octanol–water partition coefficient (Wildman–Crippen LogP) is 3.01. The molecule has 4 nitrogen and oxygen atoms in total. The summed E-state index contributed by atoms with van der Waals surface area (Å²) in [6.07, 6.45) is 5.21. The molecular formula is C16H25N3O. The molecule has 1 aliphatic rings. The van der Waals surface area contributed by atoms with Gasteiger partial charge in [-0.1, -0.05) is 12.8 Å². The second-order valence-electron chi connectivity index (χ2n) is 5.64. The summed E-state index contributed by atoms with van der Waals surface area (Å²) in [4.78, 5) is 11.9. The van der Waals surface area contributed by atoms with Gasteiger partial charge >= 0.3 is 0 Å². The highest BCUT2D eigenvalue weighted by Crippen LogP contribution is 2.30. The number of hydrogen-bond acceptors (Lipinski definition) is 3. The number of hydrogen-bond donors (Lipinski definition) is 3. The number of amides is 1. The fourth-order valence-corrected chi connectivity index (χ4v) is 2.91. The molecule has 0 bridgehead atoms. The van der Waals surface area contributed by atoms with E-state index in [1.807, 2.05) is 13.0 Å². The van der Waals surface area contributed by atoms with Crippen LogP contribution < -0.4 is 16.4 Å². The quantitative estimate of drug-likeness (QED) is 0.724. The van der Waals surface area contributed by atoms with Crippen molar-refractivity contribution >= 4 is 17.3 Å². The molecule has 0 heterocycles. The Labute approximate surface area is 121 Å². The summed E-state index contributed by atoms with van der Waals surface area (Å²) in [5, 5.41) is 6.29. The normalized spacial score (nSPS) is 16.9. The number of nitrogens with two attached hydrogens (primary N) is 1. The SMILES string of the molecule is CCNC(=O)c1ccc(N)c(NC(C)C2CCCC2)c1. The molecule has 1 aliphatic carbocycles. The highest BCUT2D eigenvalue weighted by molar-refractivity contribution is 5.96. The lowest BCUT2D eigenvalue weighted by Gasteiger charge is -2.22. The van der Waals surface area contributed by atoms with Gasteiger partial charge in [-0.15, -0.1) is 0 Å². The summed E-state index contributed by atoms with van der Waals surface area (Å²) < 4.78 is 0. The number of benzene rings is 1. The van der Waals surface area contributed by atoms with Crippen molar-refractivity contribution in [2.75, 3.05) is 17.6 Å². The molecule has 1 atom stereocenters. The van der Waals surface area contributed by atoms with Gasteiger partial charge in [-0.05, 0) is 50.8 Å². The molecule has 0 aromatic heterocycles. The Morgan fingerprint density at radius 3 is 2.75 bits per heavy atom. The molecule has 1 amide bonds. The lowest BCUT2D eigenvalue weighted by Crippen LogP contribution is -2.25. The number of anilines is 2. The van der Waals surface area contributed by atoms with Crippen molar-refractivity contribution in [1.82, 2.24) is 5.32 Å². The van der Waals surface area contributed by atoms with Gasteiger partial charge < -0.3 is 16.4 Å². The van der Waals surface area contributed by atoms with Crippen molar-refractivity contribution in [1.29, 1.82) is 0 Å². The number of nitrogens with one attached hydrogen (secondary N) is 2. The van der Waals surface area contributed by atoms with Crippen molar-refractivity contribution in [3.63, 3.8) is 0 Å². The molecule has 20 heavy (non-hydrogen) atoms. The lowest BCUT2D eigenvalue weighted by atomic mass is 9.99. The van der Waals surface area contributed by atoms with Gasteiger partial charge in [0.15, 0.2) is 0 Å². The Kier molecular flexibility index (Phi) is 4.88. The molecule has 4 N–H and O–H groups in total. The van der Waals surface area contributed by atoms with Crippen LogP contribution in [0.3, 0.4) is 0 Å². The first kappa shape index (κ1) is 14.7. The molecule has 110 valence electrons. The Morgan fingerprint density at radius 2 is 2.10 bits per heavy atom. The summed E-state index contributed by atoms with van der Waals surface area (Å²) in [6.45, 7) is 4.75. The van der Waals surface area contributed by atoms with Gasteiger partial charge in [0, 0.05) is 18.2 Å². The molecule has 2 rings (SSSR count). The van der Waals surface area contributed by atoms with E-state index in [1.165, 1.54) is 25.7 Å². The molecule has 1 saturated carbocycles. The maximum Gasteiger partial charge on any atom is 0.251 e. The minimum atomic E-state index is -0.0518. The van der Waals surface area contributed by atoms with Gasteiger partial charge in [0.1, 0.15) is 0 Å². The largest absolute Gasteiger partial charge is 0.397 e. The zero-order valence-corrected chi connectivity index (χ0v) is 12.4. The molecule has 4 heteroatoms. The first-order valence-electron chi connectivity index (χ1n) is 7.56. The molecule has 0 spiro atoms. The van der Waals surface area contributed by atoms with Crippen LogP contribution in [-0.4, -0.2) is 18.5 Å². The summed E-state index contributed by atoms with van der Waals surface area (Å²) in [6, 6.07) is 5.82. The third kappa shape index (κ3) is 3.44. The van der Waals surface area contributed by atoms with Crippen molar-refractivity contribution in [3.05, 3.63) is 23.8 Å². The first-order chi connectivity index (χ1) is 9.61. The van der Waals surface area contributed by atoms with Crippen LogP contribution in [0.15, 0.2) is 18.2 Å². The number of carbonyl (C=O) groups is 1. The minimum absolute atomic E-state index is 0.0518. The Morgan fingerprint density at radius 1 is 1.40 bits per heavy atom. The van der Waals surface area contributed by atoms with Crippen LogP contribution in [0.2, 0.25) is 0 Å². The highest BCUT2D eigenvalue weighted by atomic mass is 16.1. The molecule has 0 saturated heterocycles. The van der Waals surface area contributed by atoms with Crippen LogP contribution in [0.25, 0.3) is 0 Å². The van der Waals surface area contributed by atoms with E-state index in [4.69, 9.17) is 5.73 Å². The fourth-order valence-electron chi connectivity index (χ4n) is 2.91. The molecule has 0 radical (unpaired) electrons. The first-order valence-corrected chi connectivity index (χ1v) is 7.56. The highest BCUT2D eigenvalue weighted by Gasteiger charge is 2.22. The van der Waals surface area contributed by atoms with E-state index < -0.39 is 0 Å². The maximum atomic E-state index is 11.9. The fraction of sp³-hybridized carbons (Fsp3) is 0.562. The predicted molar refractivity (Wildman–Crippen MR) is 83.9 cm³/mol. The third-order valence-electron chi connectivity index (χ3n) is 4.14. The average Bonchev–Trinajstić information content (AvgIpc) is 2.95. The van der Waals surface area contributed by atoms with Crippen molar-refractivity contribution in [2.24, 2.45) is 5.92 Å². The summed E-state index contributed by atoms with van der Waals surface area (Å²) in [5.41, 5.74) is 8.24. The van der Waals surface area contributed by atoms with E-state index in [1.54, 1.807) is 12.1 Å². The van der Waals surface area contributed by atoms with Crippen LogP contribution in [-0.2, 0) is 0 Å². The Hall–Kier alpha value is -1.71. The van der Waals surface area contributed by atoms with Gasteiger partial charge in [0.25, 0.3) is 5.91 Å². The van der Waals surface area contributed by atoms with E-state index >= 15 is 0 Å². The minimum Gasteiger partial charge on any atom is -0.397 e. The third-order valence-corrected chi connectivity index (χ3v) is 4.14. The van der Waals surface area contributed by atoms with Crippen LogP contribution in [0.1, 0.15) is 49.9 Å². The van der Waals surface area contributed by atoms with E-state index in [9.17, 15) is 4.79 Å². The van der Waals surface area contributed by atoms with Crippen LogP contribution >= 0.6 is 0 Å². The summed E-state index contributed by atoms with van der Waals surface area (Å²) in [7, 11) is 0. The zero-order valence-electron chi connectivity index (χ0n) is 12.4. The van der Waals surface area contributed by atoms with Crippen molar-refractivity contribution in [3.8, 4) is 0 Å². The summed E-state index contributed by atoms with van der Waals surface area (Å²) in [5.74, 6) is 0.659. The van der Waals surface area contributed by atoms with Crippen LogP contribution in [0.5, 0.6) is 0 Å². The van der Waals surface area contributed by atoms with Gasteiger partial charge in [-0.3, -0.25) is 4.79 Å². The van der Waals surface area contributed by atoms with Crippen LogP contribution in [0.4, 0.5) is 11.4 Å². The standard InChI is InChI=1S/C16H25N3O/c1-3-18-16(20)13-8-9-14(17)15(10-13)19-11(2)12-6-4-5-7-12/h8-12,19H,3-7,17H2,1-2H3,(H,18,20). The monoisotopic (exact) mass is 275 g/mol. The molecule has 1 aromatic rings. The Bertz CT molecular complexity index is 467. The van der Waals surface area contributed by atoms with Gasteiger partial charge in [0.2, 0.25) is 0 Å². The Balaban J connectivity index is 2.09. The lowest BCUT2D eigenvalue weighted by molar-refractivity contribution is 0.0956. The number of rotatable bonds is 5. The van der Waals surface area contributed by atoms with Crippen molar-refractivity contribution in [2.45, 2.75) is 45.6 Å². The molecular weight excluding hydrogens is 250 g/mol.